The molecule has 1 rings (SSSR count). The zero-order valence-corrected chi connectivity index (χ0v) is 13.0. The fraction of sp³-hybridized carbons (Fsp3) is 0.467. The maximum absolute atomic E-state index is 12.0. The lowest BCUT2D eigenvalue weighted by Crippen LogP contribution is -2.48. The summed E-state index contributed by atoms with van der Waals surface area (Å²) in [5, 5.41) is 3.21. The van der Waals surface area contributed by atoms with Crippen molar-refractivity contribution in [2.75, 3.05) is 0 Å². The van der Waals surface area contributed by atoms with Crippen LogP contribution in [0.25, 0.3) is 0 Å². The van der Waals surface area contributed by atoms with Gasteiger partial charge in [0.15, 0.2) is 6.10 Å². The van der Waals surface area contributed by atoms with Crippen LogP contribution in [-0.4, -0.2) is 23.8 Å². The van der Waals surface area contributed by atoms with Gasteiger partial charge in [-0.3, -0.25) is 9.59 Å². The largest absolute Gasteiger partial charge is 0.479 e. The van der Waals surface area contributed by atoms with E-state index in [1.807, 2.05) is 20.8 Å². The van der Waals surface area contributed by atoms with E-state index >= 15 is 0 Å². The molecule has 0 aromatic heterocycles. The molecule has 0 aliphatic heterocycles. The van der Waals surface area contributed by atoms with Gasteiger partial charge in [-0.15, -0.1) is 0 Å². The Morgan fingerprint density at radius 1 is 1.50 bits per heavy atom. The highest BCUT2D eigenvalue weighted by Crippen LogP contribution is 2.26. The van der Waals surface area contributed by atoms with Crippen LogP contribution < -0.4 is 10.1 Å². The summed E-state index contributed by atoms with van der Waals surface area (Å²) in [5.41, 5.74) is 0.187. The summed E-state index contributed by atoms with van der Waals surface area (Å²) in [7, 11) is 0. The van der Waals surface area contributed by atoms with E-state index in [0.717, 1.165) is 6.42 Å². The lowest BCUT2D eigenvalue weighted by Gasteiger charge is -2.26. The number of benzene rings is 1. The molecule has 1 N–H and O–H groups in total. The minimum Gasteiger partial charge on any atom is -0.479 e. The van der Waals surface area contributed by atoms with Gasteiger partial charge in [-0.25, -0.2) is 0 Å². The van der Waals surface area contributed by atoms with E-state index in [2.05, 4.69) is 5.32 Å². The molecule has 1 amide bonds. The van der Waals surface area contributed by atoms with Crippen molar-refractivity contribution < 1.29 is 14.3 Å². The summed E-state index contributed by atoms with van der Waals surface area (Å²) in [4.78, 5) is 22.6. The zero-order chi connectivity index (χ0) is 15.3. The number of carbonyl (C=O) groups excluding carboxylic acids is 2. The number of aldehydes is 1. The van der Waals surface area contributed by atoms with E-state index in [9.17, 15) is 9.59 Å². The van der Waals surface area contributed by atoms with Gasteiger partial charge < -0.3 is 10.1 Å². The summed E-state index contributed by atoms with van der Waals surface area (Å²) in [6.45, 7) is 7.55. The predicted molar refractivity (Wildman–Crippen MR) is 79.4 cm³/mol. The first-order valence-electron chi connectivity index (χ1n) is 6.52. The Kier molecular flexibility index (Phi) is 5.57. The summed E-state index contributed by atoms with van der Waals surface area (Å²) >= 11 is 6.00. The molecule has 0 aliphatic carbocycles. The molecule has 0 radical (unpaired) electrons. The van der Waals surface area contributed by atoms with E-state index in [4.69, 9.17) is 16.3 Å². The Bertz CT molecular complexity index is 500. The van der Waals surface area contributed by atoms with Crippen molar-refractivity contribution in [1.82, 2.24) is 5.32 Å². The second kappa shape index (κ2) is 6.75. The third-order valence-corrected chi connectivity index (χ3v) is 3.41. The van der Waals surface area contributed by atoms with E-state index in [1.54, 1.807) is 19.1 Å². The van der Waals surface area contributed by atoms with Crippen molar-refractivity contribution >= 4 is 23.8 Å². The van der Waals surface area contributed by atoms with Crippen LogP contribution in [0.15, 0.2) is 18.2 Å². The molecule has 1 aromatic rings. The lowest BCUT2D eigenvalue weighted by atomic mass is 10.0. The molecule has 1 aromatic carbocycles. The van der Waals surface area contributed by atoms with Crippen LogP contribution in [0.3, 0.4) is 0 Å². The van der Waals surface area contributed by atoms with E-state index in [-0.39, 0.29) is 11.4 Å². The number of ether oxygens (including phenoxy) is 1. The first-order chi connectivity index (χ1) is 9.29. The molecule has 0 heterocycles. The SMILES string of the molecule is CCC(C)(C)NC(=O)C(C)Oc1ccc(C=O)cc1Cl. The Labute approximate surface area is 124 Å². The molecule has 0 saturated carbocycles. The summed E-state index contributed by atoms with van der Waals surface area (Å²) in [6.07, 6.45) is 0.857. The molecular weight excluding hydrogens is 278 g/mol. The van der Waals surface area contributed by atoms with Crippen LogP contribution in [-0.2, 0) is 4.79 Å². The number of amides is 1. The molecule has 0 saturated heterocycles. The average molecular weight is 298 g/mol. The van der Waals surface area contributed by atoms with Gasteiger partial charge >= 0.3 is 0 Å². The number of rotatable bonds is 6. The maximum atomic E-state index is 12.0. The van der Waals surface area contributed by atoms with Gasteiger partial charge in [-0.2, -0.15) is 0 Å². The second-order valence-corrected chi connectivity index (χ2v) is 5.70. The molecule has 0 aliphatic rings. The number of nitrogens with one attached hydrogen (secondary N) is 1. The van der Waals surface area contributed by atoms with Crippen molar-refractivity contribution in [3.05, 3.63) is 28.8 Å². The standard InChI is InChI=1S/C15H20ClNO3/c1-5-15(3,4)17-14(19)10(2)20-13-7-6-11(9-18)8-12(13)16/h6-10H,5H2,1-4H3,(H,17,19). The summed E-state index contributed by atoms with van der Waals surface area (Å²) < 4.78 is 5.54. The highest BCUT2D eigenvalue weighted by Gasteiger charge is 2.23. The Morgan fingerprint density at radius 3 is 2.65 bits per heavy atom. The summed E-state index contributed by atoms with van der Waals surface area (Å²) in [5.74, 6) is 0.182. The van der Waals surface area contributed by atoms with Gasteiger partial charge in [-0.1, -0.05) is 18.5 Å². The molecule has 0 bridgehead atoms. The van der Waals surface area contributed by atoms with Crippen molar-refractivity contribution in [3.8, 4) is 5.75 Å². The first-order valence-corrected chi connectivity index (χ1v) is 6.90. The van der Waals surface area contributed by atoms with Crippen LogP contribution >= 0.6 is 11.6 Å². The maximum Gasteiger partial charge on any atom is 0.261 e. The quantitative estimate of drug-likeness (QED) is 0.820. The van der Waals surface area contributed by atoms with Crippen molar-refractivity contribution in [2.45, 2.75) is 45.8 Å². The molecular formula is C15H20ClNO3. The highest BCUT2D eigenvalue weighted by molar-refractivity contribution is 6.32. The van der Waals surface area contributed by atoms with Crippen LogP contribution in [0.5, 0.6) is 5.75 Å². The molecule has 1 atom stereocenters. The number of carbonyl (C=O) groups is 2. The monoisotopic (exact) mass is 297 g/mol. The fourth-order valence-corrected chi connectivity index (χ4v) is 1.69. The zero-order valence-electron chi connectivity index (χ0n) is 12.2. The topological polar surface area (TPSA) is 55.4 Å². The Morgan fingerprint density at radius 2 is 2.15 bits per heavy atom. The first kappa shape index (κ1) is 16.5. The number of hydrogen-bond acceptors (Lipinski definition) is 3. The van der Waals surface area contributed by atoms with Gasteiger partial charge in [0.2, 0.25) is 0 Å². The lowest BCUT2D eigenvalue weighted by molar-refractivity contribution is -0.128. The Hall–Kier alpha value is -1.55. The van der Waals surface area contributed by atoms with Crippen LogP contribution in [0.4, 0.5) is 0 Å². The van der Waals surface area contributed by atoms with Crippen molar-refractivity contribution in [1.29, 1.82) is 0 Å². The molecule has 4 nitrogen and oxygen atoms in total. The van der Waals surface area contributed by atoms with Gasteiger partial charge in [-0.05, 0) is 45.4 Å². The normalized spacial score (nSPS) is 12.7. The molecule has 0 spiro atoms. The highest BCUT2D eigenvalue weighted by atomic mass is 35.5. The van der Waals surface area contributed by atoms with Crippen LogP contribution in [0.1, 0.15) is 44.5 Å². The molecule has 110 valence electrons. The fourth-order valence-electron chi connectivity index (χ4n) is 1.45. The Balaban J connectivity index is 2.73. The van der Waals surface area contributed by atoms with Crippen LogP contribution in [0, 0.1) is 0 Å². The molecule has 20 heavy (non-hydrogen) atoms. The minimum absolute atomic E-state index is 0.201. The number of hydrogen-bond donors (Lipinski definition) is 1. The van der Waals surface area contributed by atoms with Gasteiger partial charge in [0.05, 0.1) is 5.02 Å². The van der Waals surface area contributed by atoms with E-state index < -0.39 is 6.10 Å². The van der Waals surface area contributed by atoms with Crippen molar-refractivity contribution in [2.24, 2.45) is 0 Å². The summed E-state index contributed by atoms with van der Waals surface area (Å²) in [6, 6.07) is 4.68. The third-order valence-electron chi connectivity index (χ3n) is 3.11. The van der Waals surface area contributed by atoms with Crippen molar-refractivity contribution in [3.63, 3.8) is 0 Å². The third kappa shape index (κ3) is 4.53. The molecule has 1 unspecified atom stereocenters. The minimum atomic E-state index is -0.666. The van der Waals surface area contributed by atoms with E-state index in [1.165, 1.54) is 6.07 Å². The second-order valence-electron chi connectivity index (χ2n) is 5.29. The van der Waals surface area contributed by atoms with Gasteiger partial charge in [0.1, 0.15) is 12.0 Å². The van der Waals surface area contributed by atoms with Gasteiger partial charge in [0, 0.05) is 11.1 Å². The van der Waals surface area contributed by atoms with E-state index in [0.29, 0.717) is 22.6 Å². The average Bonchev–Trinajstić information content (AvgIpc) is 2.40. The van der Waals surface area contributed by atoms with Crippen LogP contribution in [0.2, 0.25) is 5.02 Å². The molecule has 5 heteroatoms. The number of halogens is 1. The predicted octanol–water partition coefficient (Wildman–Crippen LogP) is 3.22. The van der Waals surface area contributed by atoms with Gasteiger partial charge in [0.25, 0.3) is 5.91 Å². The molecule has 0 fully saturated rings. The smallest absolute Gasteiger partial charge is 0.261 e.